The summed E-state index contributed by atoms with van der Waals surface area (Å²) in [5.41, 5.74) is 1.37. The van der Waals surface area contributed by atoms with Crippen molar-refractivity contribution in [2.24, 2.45) is 0 Å². The Hall–Kier alpha value is -3.00. The van der Waals surface area contributed by atoms with Crippen molar-refractivity contribution >= 4 is 23.6 Å². The molecule has 0 bridgehead atoms. The monoisotopic (exact) mass is 383 g/mol. The molecule has 3 aliphatic heterocycles. The number of nitrogens with zero attached hydrogens (tertiary/aromatic N) is 2. The smallest absolute Gasteiger partial charge is 0.277 e. The summed E-state index contributed by atoms with van der Waals surface area (Å²) < 4.78 is 5.93. The lowest BCUT2D eigenvalue weighted by Gasteiger charge is -2.29. The van der Waals surface area contributed by atoms with Crippen LogP contribution in [-0.2, 0) is 30.5 Å². The molecule has 2 fully saturated rings. The summed E-state index contributed by atoms with van der Waals surface area (Å²) in [6, 6.07) is 8.91. The number of piperidine rings is 1. The Morgan fingerprint density at radius 2 is 1.86 bits per heavy atom. The quantitative estimate of drug-likeness (QED) is 0.737. The molecule has 28 heavy (non-hydrogen) atoms. The number of hydrogen-bond donors (Lipinski definition) is 1. The third-order valence-electron chi connectivity index (χ3n) is 5.27. The lowest BCUT2D eigenvalue weighted by Crippen LogP contribution is -2.55. The molecule has 2 atom stereocenters. The summed E-state index contributed by atoms with van der Waals surface area (Å²) in [4.78, 5) is 51.3. The second-order valence-electron chi connectivity index (χ2n) is 7.16. The van der Waals surface area contributed by atoms with E-state index in [2.05, 4.69) is 5.32 Å². The summed E-state index contributed by atoms with van der Waals surface area (Å²) in [5, 5.41) is 2.19. The highest BCUT2D eigenvalue weighted by molar-refractivity contribution is 6.18. The van der Waals surface area contributed by atoms with Crippen LogP contribution in [0.1, 0.15) is 24.8 Å². The van der Waals surface area contributed by atoms with Gasteiger partial charge in [0.25, 0.3) is 11.8 Å². The van der Waals surface area contributed by atoms with Crippen molar-refractivity contribution in [3.05, 3.63) is 47.7 Å². The molecule has 3 heterocycles. The highest BCUT2D eigenvalue weighted by Crippen LogP contribution is 2.27. The average Bonchev–Trinajstić information content (AvgIpc) is 3.26. The largest absolute Gasteiger partial charge is 0.372 e. The number of likely N-dealkylation sites (tertiary alicyclic amines) is 1. The fraction of sp³-hybridized carbons (Fsp3) is 0.400. The van der Waals surface area contributed by atoms with Crippen molar-refractivity contribution in [2.75, 3.05) is 13.1 Å². The Morgan fingerprint density at radius 1 is 1.07 bits per heavy atom. The maximum absolute atomic E-state index is 12.8. The van der Waals surface area contributed by atoms with Gasteiger partial charge in [-0.3, -0.25) is 29.4 Å². The molecule has 0 aliphatic carbocycles. The fourth-order valence-electron chi connectivity index (χ4n) is 3.79. The normalized spacial score (nSPS) is 25.4. The van der Waals surface area contributed by atoms with E-state index in [1.54, 1.807) is 0 Å². The summed E-state index contributed by atoms with van der Waals surface area (Å²) in [5.74, 6) is -1.98. The Labute approximate surface area is 162 Å². The van der Waals surface area contributed by atoms with E-state index in [0.29, 0.717) is 25.4 Å². The summed E-state index contributed by atoms with van der Waals surface area (Å²) in [6.45, 7) is 1.61. The molecule has 0 aromatic heterocycles. The SMILES string of the molecule is O=C1CCC(N2C(=O)C=C(N3CCC(OCc4ccccc4)C3)C2=O)C(=O)N1. The van der Waals surface area contributed by atoms with Crippen molar-refractivity contribution in [1.82, 2.24) is 15.1 Å². The van der Waals surface area contributed by atoms with Crippen molar-refractivity contribution in [3.63, 3.8) is 0 Å². The average molecular weight is 383 g/mol. The second kappa shape index (κ2) is 7.55. The molecule has 4 rings (SSSR count). The molecule has 8 heteroatoms. The van der Waals surface area contributed by atoms with E-state index in [1.807, 2.05) is 35.2 Å². The van der Waals surface area contributed by atoms with Crippen LogP contribution in [0, 0.1) is 0 Å². The van der Waals surface area contributed by atoms with Gasteiger partial charge in [0.2, 0.25) is 11.8 Å². The van der Waals surface area contributed by atoms with Crippen molar-refractivity contribution in [1.29, 1.82) is 0 Å². The van der Waals surface area contributed by atoms with Crippen molar-refractivity contribution in [3.8, 4) is 0 Å². The third kappa shape index (κ3) is 3.55. The van der Waals surface area contributed by atoms with Crippen LogP contribution in [0.25, 0.3) is 0 Å². The molecule has 8 nitrogen and oxygen atoms in total. The van der Waals surface area contributed by atoms with Crippen LogP contribution < -0.4 is 5.32 Å². The van der Waals surface area contributed by atoms with E-state index >= 15 is 0 Å². The molecule has 2 unspecified atom stereocenters. The molecular weight excluding hydrogens is 362 g/mol. The predicted octanol–water partition coefficient (Wildman–Crippen LogP) is 0.335. The van der Waals surface area contributed by atoms with Gasteiger partial charge in [-0.15, -0.1) is 0 Å². The zero-order valence-corrected chi connectivity index (χ0v) is 15.3. The number of carbonyl (C=O) groups excluding carboxylic acids is 4. The topological polar surface area (TPSA) is 96.0 Å². The van der Waals surface area contributed by atoms with Gasteiger partial charge in [0.15, 0.2) is 0 Å². The first-order valence-corrected chi connectivity index (χ1v) is 9.36. The maximum Gasteiger partial charge on any atom is 0.277 e. The number of imide groups is 2. The summed E-state index contributed by atoms with van der Waals surface area (Å²) in [7, 11) is 0. The zero-order valence-electron chi connectivity index (χ0n) is 15.3. The Morgan fingerprint density at radius 3 is 2.61 bits per heavy atom. The van der Waals surface area contributed by atoms with E-state index in [0.717, 1.165) is 16.9 Å². The van der Waals surface area contributed by atoms with Crippen LogP contribution in [0.15, 0.2) is 42.1 Å². The molecule has 1 N–H and O–H groups in total. The molecule has 2 saturated heterocycles. The Balaban J connectivity index is 1.37. The number of nitrogens with one attached hydrogen (secondary N) is 1. The summed E-state index contributed by atoms with van der Waals surface area (Å²) in [6.07, 6.45) is 2.28. The van der Waals surface area contributed by atoms with E-state index in [4.69, 9.17) is 4.74 Å². The highest BCUT2D eigenvalue weighted by Gasteiger charge is 2.44. The molecular formula is C20H21N3O5. The fourth-order valence-corrected chi connectivity index (χ4v) is 3.79. The van der Waals surface area contributed by atoms with E-state index in [1.165, 1.54) is 6.08 Å². The van der Waals surface area contributed by atoms with Gasteiger partial charge in [0.1, 0.15) is 11.7 Å². The van der Waals surface area contributed by atoms with Gasteiger partial charge in [-0.05, 0) is 18.4 Å². The van der Waals surface area contributed by atoms with Gasteiger partial charge in [-0.2, -0.15) is 0 Å². The minimum absolute atomic E-state index is 0.0336. The summed E-state index contributed by atoms with van der Waals surface area (Å²) >= 11 is 0. The Bertz CT molecular complexity index is 851. The van der Waals surface area contributed by atoms with Crippen LogP contribution in [0.2, 0.25) is 0 Å². The van der Waals surface area contributed by atoms with E-state index < -0.39 is 23.8 Å². The molecule has 0 saturated carbocycles. The minimum Gasteiger partial charge on any atom is -0.372 e. The second-order valence-corrected chi connectivity index (χ2v) is 7.16. The Kier molecular flexibility index (Phi) is 4.95. The van der Waals surface area contributed by atoms with Gasteiger partial charge in [0, 0.05) is 25.6 Å². The number of hydrogen-bond acceptors (Lipinski definition) is 6. The first-order chi connectivity index (χ1) is 13.5. The van der Waals surface area contributed by atoms with Crippen LogP contribution >= 0.6 is 0 Å². The zero-order chi connectivity index (χ0) is 19.7. The van der Waals surface area contributed by atoms with Gasteiger partial charge < -0.3 is 9.64 Å². The van der Waals surface area contributed by atoms with Crippen LogP contribution in [0.3, 0.4) is 0 Å². The third-order valence-corrected chi connectivity index (χ3v) is 5.27. The standard InChI is InChI=1S/C20H21N3O5/c24-17-7-6-15(19(26)21-17)23-18(25)10-16(20(23)27)22-9-8-14(11-22)28-12-13-4-2-1-3-5-13/h1-5,10,14-15H,6-9,11-12H2,(H,21,24,26). The highest BCUT2D eigenvalue weighted by atomic mass is 16.5. The molecule has 0 spiro atoms. The van der Waals surface area contributed by atoms with Crippen LogP contribution in [0.4, 0.5) is 0 Å². The van der Waals surface area contributed by atoms with Crippen LogP contribution in [-0.4, -0.2) is 58.7 Å². The molecule has 3 aliphatic rings. The van der Waals surface area contributed by atoms with Crippen molar-refractivity contribution in [2.45, 2.75) is 38.0 Å². The first kappa shape index (κ1) is 18.4. The van der Waals surface area contributed by atoms with Gasteiger partial charge in [-0.1, -0.05) is 30.3 Å². The maximum atomic E-state index is 12.8. The van der Waals surface area contributed by atoms with Gasteiger partial charge >= 0.3 is 0 Å². The predicted molar refractivity (Wildman–Crippen MR) is 97.3 cm³/mol. The lowest BCUT2D eigenvalue weighted by molar-refractivity contribution is -0.150. The van der Waals surface area contributed by atoms with Crippen molar-refractivity contribution < 1.29 is 23.9 Å². The van der Waals surface area contributed by atoms with E-state index in [-0.39, 0.29) is 24.9 Å². The first-order valence-electron chi connectivity index (χ1n) is 9.36. The minimum atomic E-state index is -0.931. The number of amides is 4. The number of carbonyl (C=O) groups is 4. The molecule has 1 aromatic carbocycles. The molecule has 146 valence electrons. The lowest BCUT2D eigenvalue weighted by atomic mass is 10.0. The van der Waals surface area contributed by atoms with Crippen LogP contribution in [0.5, 0.6) is 0 Å². The van der Waals surface area contributed by atoms with Gasteiger partial charge in [0.05, 0.1) is 12.7 Å². The molecule has 1 aromatic rings. The van der Waals surface area contributed by atoms with Gasteiger partial charge in [-0.25, -0.2) is 0 Å². The molecule has 0 radical (unpaired) electrons. The number of benzene rings is 1. The van der Waals surface area contributed by atoms with E-state index in [9.17, 15) is 19.2 Å². The molecule has 4 amide bonds. The number of ether oxygens (including phenoxy) is 1. The number of rotatable bonds is 5.